The maximum Gasteiger partial charge on any atom is 0.248 e. The summed E-state index contributed by atoms with van der Waals surface area (Å²) in [6.07, 6.45) is 1.85. The third-order valence-electron chi connectivity index (χ3n) is 6.09. The number of carbonyl (C=O) groups excluding carboxylic acids is 1. The van der Waals surface area contributed by atoms with Gasteiger partial charge in [0.25, 0.3) is 0 Å². The molecule has 0 atom stereocenters. The lowest BCUT2D eigenvalue weighted by molar-refractivity contribution is -0.112. The number of nitrogens with two attached hydrogens (primary N) is 1. The molecule has 0 bridgehead atoms. The number of hydrogen-bond acceptors (Lipinski definition) is 7. The zero-order valence-corrected chi connectivity index (χ0v) is 20.9. The molecule has 3 heterocycles. The van der Waals surface area contributed by atoms with Crippen LogP contribution in [-0.2, 0) is 11.3 Å². The molecule has 3 N–H and O–H groups in total. The Hall–Kier alpha value is -3.07. The molecule has 1 aliphatic heterocycles. The van der Waals surface area contributed by atoms with Crippen molar-refractivity contribution < 1.29 is 4.79 Å². The first-order valence-electron chi connectivity index (χ1n) is 11.5. The Kier molecular flexibility index (Phi) is 7.41. The second kappa shape index (κ2) is 10.5. The fraction of sp³-hybridized carbons (Fsp3) is 0.346. The molecule has 4 rings (SSSR count). The first-order valence-corrected chi connectivity index (χ1v) is 12.4. The van der Waals surface area contributed by atoms with E-state index in [2.05, 4.69) is 52.7 Å². The molecule has 0 aliphatic carbocycles. The van der Waals surface area contributed by atoms with Gasteiger partial charge in [0.15, 0.2) is 5.13 Å². The fourth-order valence-electron chi connectivity index (χ4n) is 4.12. The lowest BCUT2D eigenvalue weighted by Gasteiger charge is -2.37. The lowest BCUT2D eigenvalue weighted by atomic mass is 10.0. The van der Waals surface area contributed by atoms with E-state index < -0.39 is 5.91 Å². The number of nitrogens with one attached hydrogen (secondary N) is 1. The highest BCUT2D eigenvalue weighted by molar-refractivity contribution is 7.15. The van der Waals surface area contributed by atoms with Gasteiger partial charge in [0.05, 0.1) is 5.69 Å². The highest BCUT2D eigenvalue weighted by Crippen LogP contribution is 2.28. The third kappa shape index (κ3) is 5.88. The summed E-state index contributed by atoms with van der Waals surface area (Å²) in [5.74, 6) is 0.225. The summed E-state index contributed by atoms with van der Waals surface area (Å²) in [5.41, 5.74) is 9.35. The zero-order valence-electron chi connectivity index (χ0n) is 20.0. The number of anilines is 2. The number of pyridine rings is 1. The van der Waals surface area contributed by atoms with E-state index in [1.165, 1.54) is 5.56 Å². The van der Waals surface area contributed by atoms with Crippen molar-refractivity contribution in [2.75, 3.05) is 31.5 Å². The monoisotopic (exact) mass is 476 g/mol. The van der Waals surface area contributed by atoms with Gasteiger partial charge in [-0.05, 0) is 50.1 Å². The van der Waals surface area contributed by atoms with Crippen LogP contribution in [0.5, 0.6) is 0 Å². The summed E-state index contributed by atoms with van der Waals surface area (Å²) >= 11 is 1.60. The van der Waals surface area contributed by atoms with Crippen molar-refractivity contribution in [2.45, 2.75) is 33.4 Å². The molecular weight excluding hydrogens is 444 g/mol. The summed E-state index contributed by atoms with van der Waals surface area (Å²) in [4.78, 5) is 27.1. The van der Waals surface area contributed by atoms with E-state index in [1.807, 2.05) is 37.4 Å². The van der Waals surface area contributed by atoms with E-state index in [4.69, 9.17) is 10.7 Å². The molecule has 3 aromatic rings. The maximum absolute atomic E-state index is 11.6. The number of aryl methyl sites for hydroxylation is 1. The Labute approximate surface area is 205 Å². The maximum atomic E-state index is 11.6. The Morgan fingerprint density at radius 1 is 1.21 bits per heavy atom. The van der Waals surface area contributed by atoms with Crippen molar-refractivity contribution in [3.05, 3.63) is 65.2 Å². The average Bonchev–Trinajstić information content (AvgIpc) is 3.23. The predicted octanol–water partition coefficient (Wildman–Crippen LogP) is 4.28. The Balaban J connectivity index is 1.63. The number of hydrogen-bond donors (Lipinski definition) is 2. The Bertz CT molecular complexity index is 1180. The van der Waals surface area contributed by atoms with Crippen molar-refractivity contribution in [1.29, 1.82) is 0 Å². The number of primary amides is 1. The van der Waals surface area contributed by atoms with Gasteiger partial charge >= 0.3 is 0 Å². The minimum Gasteiger partial charge on any atom is -0.366 e. The molecule has 0 saturated carbocycles. The number of aromatic nitrogens is 2. The van der Waals surface area contributed by atoms with Gasteiger partial charge in [0.2, 0.25) is 5.91 Å². The summed E-state index contributed by atoms with van der Waals surface area (Å²) in [5, 5.41) is 4.18. The minimum absolute atomic E-state index is 0.289. The molecule has 178 valence electrons. The fourth-order valence-corrected chi connectivity index (χ4v) is 4.79. The van der Waals surface area contributed by atoms with Gasteiger partial charge < -0.3 is 11.1 Å². The smallest absolute Gasteiger partial charge is 0.248 e. The number of amides is 1. The molecule has 34 heavy (non-hydrogen) atoms. The molecule has 7 nitrogen and oxygen atoms in total. The van der Waals surface area contributed by atoms with Crippen molar-refractivity contribution in [3.63, 3.8) is 0 Å². The summed E-state index contributed by atoms with van der Waals surface area (Å²) in [7, 11) is 0. The number of rotatable bonds is 8. The van der Waals surface area contributed by atoms with Crippen molar-refractivity contribution in [3.8, 4) is 11.3 Å². The average molecular weight is 477 g/mol. The van der Waals surface area contributed by atoms with E-state index in [0.717, 1.165) is 59.8 Å². The summed E-state index contributed by atoms with van der Waals surface area (Å²) in [6.45, 7) is 15.5. The van der Waals surface area contributed by atoms with Gasteiger partial charge in [-0.15, -0.1) is 11.3 Å². The van der Waals surface area contributed by atoms with E-state index >= 15 is 0 Å². The Morgan fingerprint density at radius 3 is 2.62 bits per heavy atom. The first-order chi connectivity index (χ1) is 16.3. The molecule has 0 spiro atoms. The van der Waals surface area contributed by atoms with Gasteiger partial charge in [-0.3, -0.25) is 14.6 Å². The van der Waals surface area contributed by atoms with Crippen LogP contribution in [0.25, 0.3) is 16.8 Å². The third-order valence-corrected chi connectivity index (χ3v) is 6.92. The lowest BCUT2D eigenvalue weighted by Crippen LogP contribution is -2.48. The van der Waals surface area contributed by atoms with Gasteiger partial charge in [-0.1, -0.05) is 24.8 Å². The SMILES string of the molecule is C=C(C(N)=O)c1cccc(-c2cc(CN3CCN(C(C)C)CC3)cc(Nc3ncc(C)s3)n2)c1. The van der Waals surface area contributed by atoms with Gasteiger partial charge in [-0.25, -0.2) is 9.97 Å². The standard InChI is InChI=1S/C26H32N6OS/c1-17(2)32-10-8-31(9-11-32)16-20-12-23(22-7-5-6-21(14-22)19(4)25(27)33)29-24(13-20)30-26-28-15-18(3)34-26/h5-7,12-15,17H,4,8-11,16H2,1-3H3,(H2,27,33)(H,28,29,30). The van der Waals surface area contributed by atoms with Crippen LogP contribution in [0.15, 0.2) is 49.2 Å². The molecule has 8 heteroatoms. The molecule has 0 unspecified atom stereocenters. The number of carbonyl (C=O) groups is 1. The van der Waals surface area contributed by atoms with Crippen LogP contribution in [0.3, 0.4) is 0 Å². The molecule has 0 radical (unpaired) electrons. The molecule has 1 amide bonds. The first kappa shape index (κ1) is 24.1. The number of nitrogens with zero attached hydrogens (tertiary/aromatic N) is 4. The predicted molar refractivity (Wildman–Crippen MR) is 140 cm³/mol. The summed E-state index contributed by atoms with van der Waals surface area (Å²) < 4.78 is 0. The van der Waals surface area contributed by atoms with Crippen molar-refractivity contribution in [2.24, 2.45) is 5.73 Å². The zero-order chi connectivity index (χ0) is 24.2. The van der Waals surface area contributed by atoms with Crippen LogP contribution >= 0.6 is 11.3 Å². The van der Waals surface area contributed by atoms with E-state index in [1.54, 1.807) is 11.3 Å². The van der Waals surface area contributed by atoms with Crippen LogP contribution in [-0.4, -0.2) is 57.9 Å². The molecular formula is C26H32N6OS. The largest absolute Gasteiger partial charge is 0.366 e. The van der Waals surface area contributed by atoms with Crippen LogP contribution < -0.4 is 11.1 Å². The van der Waals surface area contributed by atoms with Crippen molar-refractivity contribution >= 4 is 33.8 Å². The van der Waals surface area contributed by atoms with Gasteiger partial charge in [0.1, 0.15) is 5.82 Å². The number of piperazine rings is 1. The van der Waals surface area contributed by atoms with E-state index in [9.17, 15) is 4.79 Å². The highest BCUT2D eigenvalue weighted by Gasteiger charge is 2.19. The molecule has 1 aromatic carbocycles. The van der Waals surface area contributed by atoms with Crippen LogP contribution in [0.1, 0.15) is 29.9 Å². The quantitative estimate of drug-likeness (QED) is 0.472. The van der Waals surface area contributed by atoms with E-state index in [0.29, 0.717) is 11.6 Å². The van der Waals surface area contributed by atoms with E-state index in [-0.39, 0.29) is 5.57 Å². The van der Waals surface area contributed by atoms with Gasteiger partial charge in [0, 0.05) is 61.0 Å². The number of benzene rings is 1. The van der Waals surface area contributed by atoms with Crippen LogP contribution in [0, 0.1) is 6.92 Å². The second-order valence-corrected chi connectivity index (χ2v) is 10.2. The number of thiazole rings is 1. The highest BCUT2D eigenvalue weighted by atomic mass is 32.1. The second-order valence-electron chi connectivity index (χ2n) is 8.98. The minimum atomic E-state index is -0.527. The molecule has 1 saturated heterocycles. The van der Waals surface area contributed by atoms with Gasteiger partial charge in [-0.2, -0.15) is 0 Å². The summed E-state index contributed by atoms with van der Waals surface area (Å²) in [6, 6.07) is 12.4. The normalized spacial score (nSPS) is 14.9. The Morgan fingerprint density at radius 2 is 1.97 bits per heavy atom. The topological polar surface area (TPSA) is 87.4 Å². The molecule has 2 aromatic heterocycles. The molecule has 1 aliphatic rings. The molecule has 1 fully saturated rings. The van der Waals surface area contributed by atoms with Crippen molar-refractivity contribution in [1.82, 2.24) is 19.8 Å². The van der Waals surface area contributed by atoms with Crippen LogP contribution in [0.2, 0.25) is 0 Å². The van der Waals surface area contributed by atoms with Crippen LogP contribution in [0.4, 0.5) is 10.9 Å².